The van der Waals surface area contributed by atoms with Crippen LogP contribution in [0.15, 0.2) is 46.6 Å². The van der Waals surface area contributed by atoms with Gasteiger partial charge < -0.3 is 5.32 Å². The molecule has 1 aromatic carbocycles. The van der Waals surface area contributed by atoms with Crippen LogP contribution in [0.25, 0.3) is 11.3 Å². The van der Waals surface area contributed by atoms with Crippen LogP contribution in [0.3, 0.4) is 0 Å². The van der Waals surface area contributed by atoms with Crippen molar-refractivity contribution in [2.24, 2.45) is 0 Å². The highest BCUT2D eigenvalue weighted by atomic mass is 32.1. The molecule has 3 aromatic rings. The number of ketones is 1. The van der Waals surface area contributed by atoms with Gasteiger partial charge in [-0.3, -0.25) is 9.59 Å². The molecule has 0 aliphatic heterocycles. The predicted molar refractivity (Wildman–Crippen MR) is 102 cm³/mol. The number of anilines is 2. The zero-order valence-corrected chi connectivity index (χ0v) is 15.2. The van der Waals surface area contributed by atoms with Crippen LogP contribution in [-0.4, -0.2) is 15.6 Å². The van der Waals surface area contributed by atoms with E-state index < -0.39 is 0 Å². The number of carbonyl (C=O) groups is 1. The summed E-state index contributed by atoms with van der Waals surface area (Å²) in [6, 6.07) is 11.4. The molecule has 6 heteroatoms. The van der Waals surface area contributed by atoms with Crippen LogP contribution in [0.4, 0.5) is 11.4 Å². The van der Waals surface area contributed by atoms with Gasteiger partial charge in [0.25, 0.3) is 5.56 Å². The normalized spacial score (nSPS) is 10.7. The molecule has 5 nitrogen and oxygen atoms in total. The lowest BCUT2D eigenvalue weighted by Gasteiger charge is -2.16. The molecule has 0 saturated carbocycles. The van der Waals surface area contributed by atoms with Gasteiger partial charge in [-0.25, -0.2) is 4.68 Å². The molecular weight excluding hydrogens is 334 g/mol. The van der Waals surface area contributed by atoms with Crippen molar-refractivity contribution in [1.82, 2.24) is 9.78 Å². The molecule has 0 atom stereocenters. The van der Waals surface area contributed by atoms with Crippen LogP contribution in [-0.2, 0) is 6.54 Å². The summed E-state index contributed by atoms with van der Waals surface area (Å²) in [5.41, 5.74) is 2.47. The van der Waals surface area contributed by atoms with E-state index in [2.05, 4.69) is 10.4 Å². The van der Waals surface area contributed by atoms with Gasteiger partial charge in [0.05, 0.1) is 11.3 Å². The number of thiophene rings is 1. The molecule has 0 unspecified atom stereocenters. The van der Waals surface area contributed by atoms with E-state index >= 15 is 0 Å². The first-order valence-corrected chi connectivity index (χ1v) is 8.93. The molecule has 128 valence electrons. The highest BCUT2D eigenvalue weighted by Gasteiger charge is 2.22. The highest BCUT2D eigenvalue weighted by molar-refractivity contribution is 7.10. The Hall–Kier alpha value is -2.73. The number of carbonyl (C=O) groups excluding carboxylic acids is 1. The first kappa shape index (κ1) is 17.1. The number of hydrogen-bond acceptors (Lipinski definition) is 5. The van der Waals surface area contributed by atoms with E-state index in [4.69, 9.17) is 0 Å². The quantitative estimate of drug-likeness (QED) is 0.697. The van der Waals surface area contributed by atoms with E-state index in [9.17, 15) is 9.59 Å². The molecule has 2 aromatic heterocycles. The molecule has 0 fully saturated rings. The molecule has 0 spiro atoms. The average Bonchev–Trinajstić information content (AvgIpc) is 3.01. The largest absolute Gasteiger partial charge is 0.349 e. The number of nitrogens with zero attached hydrogens (tertiary/aromatic N) is 2. The topological polar surface area (TPSA) is 64.0 Å². The molecule has 0 bridgehead atoms. The van der Waals surface area contributed by atoms with Gasteiger partial charge in [-0.15, -0.1) is 11.3 Å². The van der Waals surface area contributed by atoms with Gasteiger partial charge in [0, 0.05) is 17.0 Å². The maximum Gasteiger partial charge on any atom is 0.291 e. The SMILES string of the molecule is CCn1nc(-c2ccccc2)c(C(C)=O)c(Nc2ccsc2C)c1=O. The van der Waals surface area contributed by atoms with Crippen molar-refractivity contribution >= 4 is 28.5 Å². The number of rotatable bonds is 5. The zero-order valence-electron chi connectivity index (χ0n) is 14.4. The van der Waals surface area contributed by atoms with Crippen molar-refractivity contribution in [2.75, 3.05) is 5.32 Å². The molecule has 0 aliphatic carbocycles. The average molecular weight is 353 g/mol. The number of nitrogens with one attached hydrogen (secondary N) is 1. The molecule has 3 rings (SSSR count). The third-order valence-corrected chi connectivity index (χ3v) is 4.82. The van der Waals surface area contributed by atoms with Crippen LogP contribution in [0.2, 0.25) is 0 Å². The summed E-state index contributed by atoms with van der Waals surface area (Å²) in [7, 11) is 0. The highest BCUT2D eigenvalue weighted by Crippen LogP contribution is 2.29. The fourth-order valence-electron chi connectivity index (χ4n) is 2.69. The van der Waals surface area contributed by atoms with E-state index in [-0.39, 0.29) is 17.0 Å². The van der Waals surface area contributed by atoms with Crippen molar-refractivity contribution in [3.8, 4) is 11.3 Å². The molecule has 0 saturated heterocycles. The fraction of sp³-hybridized carbons (Fsp3) is 0.211. The molecule has 2 heterocycles. The minimum Gasteiger partial charge on any atom is -0.349 e. The number of hydrogen-bond donors (Lipinski definition) is 1. The molecule has 25 heavy (non-hydrogen) atoms. The summed E-state index contributed by atoms with van der Waals surface area (Å²) in [6.45, 7) is 5.72. The van der Waals surface area contributed by atoms with Crippen molar-refractivity contribution in [1.29, 1.82) is 0 Å². The van der Waals surface area contributed by atoms with Gasteiger partial charge in [-0.1, -0.05) is 30.3 Å². The summed E-state index contributed by atoms with van der Waals surface area (Å²) in [5, 5.41) is 9.56. The Morgan fingerprint density at radius 1 is 1.24 bits per heavy atom. The van der Waals surface area contributed by atoms with Crippen molar-refractivity contribution in [3.05, 3.63) is 62.6 Å². The summed E-state index contributed by atoms with van der Waals surface area (Å²) in [5.74, 6) is -0.193. The molecule has 0 aliphatic rings. The first-order chi connectivity index (χ1) is 12.0. The van der Waals surface area contributed by atoms with Gasteiger partial charge in [0.2, 0.25) is 0 Å². The minimum absolute atomic E-state index is 0.193. The summed E-state index contributed by atoms with van der Waals surface area (Å²) in [4.78, 5) is 26.3. The van der Waals surface area contributed by atoms with Gasteiger partial charge in [0.15, 0.2) is 5.78 Å². The third-order valence-electron chi connectivity index (χ3n) is 3.97. The second-order valence-electron chi connectivity index (χ2n) is 5.66. The van der Waals surface area contributed by atoms with E-state index in [1.54, 1.807) is 11.3 Å². The van der Waals surface area contributed by atoms with E-state index in [0.29, 0.717) is 17.8 Å². The molecule has 1 N–H and O–H groups in total. The Balaban J connectivity index is 2.30. The van der Waals surface area contributed by atoms with Gasteiger partial charge >= 0.3 is 0 Å². The van der Waals surface area contributed by atoms with Crippen LogP contribution in [0.1, 0.15) is 29.1 Å². The number of benzene rings is 1. The third kappa shape index (κ3) is 3.25. The Kier molecular flexibility index (Phi) is 4.81. The lowest BCUT2D eigenvalue weighted by atomic mass is 10.0. The monoisotopic (exact) mass is 353 g/mol. The maximum atomic E-state index is 12.8. The Morgan fingerprint density at radius 2 is 1.96 bits per heavy atom. The number of Topliss-reactive ketones (excluding diaryl/α,β-unsaturated/α-hetero) is 1. The fourth-order valence-corrected chi connectivity index (χ4v) is 3.35. The smallest absolute Gasteiger partial charge is 0.291 e. The Morgan fingerprint density at radius 3 is 2.52 bits per heavy atom. The van der Waals surface area contributed by atoms with Crippen LogP contribution in [0.5, 0.6) is 0 Å². The summed E-state index contributed by atoms with van der Waals surface area (Å²) in [6.07, 6.45) is 0. The lowest BCUT2D eigenvalue weighted by Crippen LogP contribution is -2.28. The van der Waals surface area contributed by atoms with E-state index in [0.717, 1.165) is 16.1 Å². The van der Waals surface area contributed by atoms with Crippen molar-refractivity contribution < 1.29 is 4.79 Å². The van der Waals surface area contributed by atoms with Crippen molar-refractivity contribution in [2.45, 2.75) is 27.3 Å². The van der Waals surface area contributed by atoms with Gasteiger partial charge in [-0.2, -0.15) is 5.10 Å². The molecule has 0 radical (unpaired) electrons. The second-order valence-corrected chi connectivity index (χ2v) is 6.78. The van der Waals surface area contributed by atoms with Gasteiger partial charge in [0.1, 0.15) is 11.4 Å². The molecule has 0 amide bonds. The molecular formula is C19H19N3O2S. The van der Waals surface area contributed by atoms with Crippen LogP contribution >= 0.6 is 11.3 Å². The lowest BCUT2D eigenvalue weighted by molar-refractivity contribution is 0.101. The van der Waals surface area contributed by atoms with Crippen molar-refractivity contribution in [3.63, 3.8) is 0 Å². The van der Waals surface area contributed by atoms with E-state index in [1.165, 1.54) is 11.6 Å². The second kappa shape index (κ2) is 7.03. The van der Waals surface area contributed by atoms with Crippen LogP contribution in [0, 0.1) is 6.92 Å². The maximum absolute atomic E-state index is 12.8. The van der Waals surface area contributed by atoms with E-state index in [1.807, 2.05) is 55.6 Å². The summed E-state index contributed by atoms with van der Waals surface area (Å²) >= 11 is 1.58. The Bertz CT molecular complexity index is 974. The van der Waals surface area contributed by atoms with Crippen LogP contribution < -0.4 is 10.9 Å². The zero-order chi connectivity index (χ0) is 18.0. The standard InChI is InChI=1S/C19H19N3O2S/c1-4-22-19(24)18(20-15-10-11-25-13(15)3)16(12(2)23)17(21-22)14-8-6-5-7-9-14/h5-11,20H,4H2,1-3H3. The first-order valence-electron chi connectivity index (χ1n) is 8.05. The minimum atomic E-state index is -0.294. The number of aromatic nitrogens is 2. The van der Waals surface area contributed by atoms with Gasteiger partial charge in [-0.05, 0) is 32.2 Å². The summed E-state index contributed by atoms with van der Waals surface area (Å²) < 4.78 is 1.39. The number of aryl methyl sites for hydroxylation is 2. The Labute approximate surface area is 150 Å². The predicted octanol–water partition coefficient (Wildman–Crippen LogP) is 4.25.